The number of para-hydroxylation sites is 2. The molecule has 1 atom stereocenters. The van der Waals surface area contributed by atoms with Gasteiger partial charge in [0, 0.05) is 5.56 Å². The normalized spacial score (nSPS) is 11.6. The highest BCUT2D eigenvalue weighted by atomic mass is 19.1. The Bertz CT molecular complexity index is 1430. The van der Waals surface area contributed by atoms with Gasteiger partial charge in [0.15, 0.2) is 17.7 Å². The maximum atomic E-state index is 13.7. The van der Waals surface area contributed by atoms with Gasteiger partial charge in [0.1, 0.15) is 5.82 Å². The first-order valence-electron chi connectivity index (χ1n) is 10.5. The van der Waals surface area contributed by atoms with Crippen molar-refractivity contribution in [3.05, 3.63) is 100 Å². The number of nitrogens with zero attached hydrogens (tertiary/aromatic N) is 2. The van der Waals surface area contributed by atoms with Crippen molar-refractivity contribution >= 4 is 22.7 Å². The monoisotopic (exact) mass is 460 g/mol. The highest BCUT2D eigenvalue weighted by Crippen LogP contribution is 2.17. The average Bonchev–Trinajstić information content (AvgIpc) is 2.84. The fraction of sp³-hybridized carbons (Fsp3) is 0.120. The molecule has 172 valence electrons. The predicted molar refractivity (Wildman–Crippen MR) is 124 cm³/mol. The van der Waals surface area contributed by atoms with Crippen LogP contribution in [0.1, 0.15) is 23.1 Å². The van der Waals surface area contributed by atoms with Crippen LogP contribution in [0.3, 0.4) is 0 Å². The number of carbonyl (C=O) groups excluding carboxylic acids is 2. The minimum atomic E-state index is -1.05. The molecule has 4 aromatic rings. The second kappa shape index (κ2) is 9.53. The van der Waals surface area contributed by atoms with E-state index in [4.69, 9.17) is 4.74 Å². The van der Waals surface area contributed by atoms with Crippen molar-refractivity contribution in [3.63, 3.8) is 0 Å². The van der Waals surface area contributed by atoms with Crippen molar-refractivity contribution in [2.75, 3.05) is 0 Å². The first-order valence-corrected chi connectivity index (χ1v) is 10.5. The second-order valence-electron chi connectivity index (χ2n) is 7.50. The van der Waals surface area contributed by atoms with E-state index in [1.807, 2.05) is 6.07 Å². The van der Waals surface area contributed by atoms with E-state index in [0.717, 1.165) is 0 Å². The van der Waals surface area contributed by atoms with Crippen molar-refractivity contribution < 1.29 is 18.7 Å². The Labute approximate surface area is 194 Å². The van der Waals surface area contributed by atoms with Crippen LogP contribution >= 0.6 is 0 Å². The Morgan fingerprint density at radius 3 is 2.38 bits per heavy atom. The number of rotatable bonds is 5. The fourth-order valence-corrected chi connectivity index (χ4v) is 3.39. The van der Waals surface area contributed by atoms with Crippen molar-refractivity contribution in [3.8, 4) is 11.4 Å². The lowest BCUT2D eigenvalue weighted by Crippen LogP contribution is -2.47. The van der Waals surface area contributed by atoms with Gasteiger partial charge in [-0.15, -0.1) is 0 Å². The third-order valence-electron chi connectivity index (χ3n) is 5.14. The van der Waals surface area contributed by atoms with E-state index in [0.29, 0.717) is 22.4 Å². The van der Waals surface area contributed by atoms with Crippen LogP contribution in [-0.2, 0) is 4.79 Å². The lowest BCUT2D eigenvalue weighted by Gasteiger charge is -2.15. The van der Waals surface area contributed by atoms with Crippen LogP contribution in [0.15, 0.2) is 77.6 Å². The third kappa shape index (κ3) is 4.63. The quantitative estimate of drug-likeness (QED) is 0.446. The smallest absolute Gasteiger partial charge is 0.279 e. The molecule has 0 spiro atoms. The standard InChI is InChI=1S/C25H21FN4O4/c1-15(34-22-10-6-4-8-20(22)26)23(31)28-29-24(32)17-11-13-18(14-12-17)30-16(2)27-21-9-5-3-7-19(21)25(30)33/h3-15H,1-2H3,(H,28,31)(H,29,32). The predicted octanol–water partition coefficient (Wildman–Crippen LogP) is 3.06. The summed E-state index contributed by atoms with van der Waals surface area (Å²) in [6, 6.07) is 19.1. The van der Waals surface area contributed by atoms with E-state index >= 15 is 0 Å². The zero-order valence-corrected chi connectivity index (χ0v) is 18.4. The van der Waals surface area contributed by atoms with Gasteiger partial charge in [-0.25, -0.2) is 9.37 Å². The molecule has 4 rings (SSSR count). The van der Waals surface area contributed by atoms with Crippen LogP contribution in [0.4, 0.5) is 4.39 Å². The van der Waals surface area contributed by atoms with Gasteiger partial charge in [-0.05, 0) is 62.4 Å². The molecule has 2 N–H and O–H groups in total. The fourth-order valence-electron chi connectivity index (χ4n) is 3.39. The summed E-state index contributed by atoms with van der Waals surface area (Å²) in [4.78, 5) is 42.0. The average molecular weight is 460 g/mol. The Morgan fingerprint density at radius 1 is 0.971 bits per heavy atom. The number of benzene rings is 3. The summed E-state index contributed by atoms with van der Waals surface area (Å²) in [5.74, 6) is -1.38. The van der Waals surface area contributed by atoms with Crippen molar-refractivity contribution in [1.29, 1.82) is 0 Å². The third-order valence-corrected chi connectivity index (χ3v) is 5.14. The van der Waals surface area contributed by atoms with Gasteiger partial charge in [0.2, 0.25) is 0 Å². The van der Waals surface area contributed by atoms with Gasteiger partial charge in [0.05, 0.1) is 16.6 Å². The summed E-state index contributed by atoms with van der Waals surface area (Å²) in [5, 5.41) is 0.490. The molecule has 2 amide bonds. The molecule has 0 radical (unpaired) electrons. The maximum Gasteiger partial charge on any atom is 0.279 e. The second-order valence-corrected chi connectivity index (χ2v) is 7.50. The molecule has 0 saturated carbocycles. The summed E-state index contributed by atoms with van der Waals surface area (Å²) in [5.41, 5.74) is 5.75. The van der Waals surface area contributed by atoms with Gasteiger partial charge in [-0.3, -0.25) is 29.8 Å². The van der Waals surface area contributed by atoms with Gasteiger partial charge >= 0.3 is 0 Å². The number of fused-ring (bicyclic) bond motifs is 1. The first kappa shape index (κ1) is 22.7. The zero-order chi connectivity index (χ0) is 24.2. The Kier molecular flexibility index (Phi) is 6.35. The zero-order valence-electron chi connectivity index (χ0n) is 18.4. The minimum Gasteiger partial charge on any atom is -0.478 e. The minimum absolute atomic E-state index is 0.0687. The molecular formula is C25H21FN4O4. The summed E-state index contributed by atoms with van der Waals surface area (Å²) in [7, 11) is 0. The number of hydrogen-bond acceptors (Lipinski definition) is 5. The number of carbonyl (C=O) groups is 2. The van der Waals surface area contributed by atoms with Crippen LogP contribution in [0.25, 0.3) is 16.6 Å². The molecule has 1 aromatic heterocycles. The SMILES string of the molecule is Cc1nc2ccccc2c(=O)n1-c1ccc(C(=O)NNC(=O)C(C)Oc2ccccc2F)cc1. The molecule has 9 heteroatoms. The molecule has 3 aromatic carbocycles. The van der Waals surface area contributed by atoms with Crippen LogP contribution < -0.4 is 21.1 Å². The number of hydrazine groups is 1. The largest absolute Gasteiger partial charge is 0.478 e. The summed E-state index contributed by atoms with van der Waals surface area (Å²) < 4.78 is 20.4. The Morgan fingerprint density at radius 2 is 1.65 bits per heavy atom. The Hall–Kier alpha value is -4.53. The van der Waals surface area contributed by atoms with Crippen LogP contribution in [0.2, 0.25) is 0 Å². The molecule has 0 saturated heterocycles. The van der Waals surface area contributed by atoms with E-state index in [-0.39, 0.29) is 16.9 Å². The van der Waals surface area contributed by atoms with Crippen LogP contribution in [0.5, 0.6) is 5.75 Å². The molecule has 1 unspecified atom stereocenters. The molecule has 0 aliphatic rings. The van der Waals surface area contributed by atoms with Crippen LogP contribution in [0, 0.1) is 12.7 Å². The number of nitrogens with one attached hydrogen (secondary N) is 2. The first-order chi connectivity index (χ1) is 16.3. The highest BCUT2D eigenvalue weighted by Gasteiger charge is 2.18. The molecule has 8 nitrogen and oxygen atoms in total. The topological polar surface area (TPSA) is 102 Å². The molecule has 0 aliphatic carbocycles. The maximum absolute atomic E-state index is 13.7. The van der Waals surface area contributed by atoms with Crippen molar-refractivity contribution in [1.82, 2.24) is 20.4 Å². The number of aryl methyl sites for hydroxylation is 1. The summed E-state index contributed by atoms with van der Waals surface area (Å²) >= 11 is 0. The van der Waals surface area contributed by atoms with Gasteiger partial charge < -0.3 is 4.74 Å². The highest BCUT2D eigenvalue weighted by molar-refractivity contribution is 5.96. The van der Waals surface area contributed by atoms with Gasteiger partial charge in [-0.1, -0.05) is 24.3 Å². The number of ether oxygens (including phenoxy) is 1. The molecule has 0 bridgehead atoms. The van der Waals surface area contributed by atoms with Crippen molar-refractivity contribution in [2.45, 2.75) is 20.0 Å². The van der Waals surface area contributed by atoms with Crippen molar-refractivity contribution in [2.24, 2.45) is 0 Å². The van der Waals surface area contributed by atoms with E-state index in [2.05, 4.69) is 15.8 Å². The van der Waals surface area contributed by atoms with E-state index < -0.39 is 23.7 Å². The summed E-state index contributed by atoms with van der Waals surface area (Å²) in [6.45, 7) is 3.16. The summed E-state index contributed by atoms with van der Waals surface area (Å²) in [6.07, 6.45) is -1.05. The lowest BCUT2D eigenvalue weighted by molar-refractivity contribution is -0.128. The van der Waals surface area contributed by atoms with E-state index in [9.17, 15) is 18.8 Å². The molecule has 0 aliphatic heterocycles. The van der Waals surface area contributed by atoms with Gasteiger partial charge in [0.25, 0.3) is 17.4 Å². The number of halogens is 1. The van der Waals surface area contributed by atoms with Crippen LogP contribution in [-0.4, -0.2) is 27.5 Å². The molecule has 1 heterocycles. The lowest BCUT2D eigenvalue weighted by atomic mass is 10.2. The van der Waals surface area contributed by atoms with E-state index in [1.165, 1.54) is 41.8 Å². The molecule has 0 fully saturated rings. The Balaban J connectivity index is 1.43. The molecular weight excluding hydrogens is 439 g/mol. The molecule has 34 heavy (non-hydrogen) atoms. The van der Waals surface area contributed by atoms with Gasteiger partial charge in [-0.2, -0.15) is 0 Å². The van der Waals surface area contributed by atoms with E-state index in [1.54, 1.807) is 43.3 Å². The number of amides is 2. The number of aromatic nitrogens is 2. The number of hydrogen-bond donors (Lipinski definition) is 2.